The van der Waals surface area contributed by atoms with E-state index in [0.29, 0.717) is 41.6 Å². The molecule has 0 heterocycles. The van der Waals surface area contributed by atoms with Crippen LogP contribution in [0.1, 0.15) is 461 Å². The van der Waals surface area contributed by atoms with Crippen LogP contribution in [0.4, 0.5) is 0 Å². The van der Waals surface area contributed by atoms with E-state index in [1.54, 1.807) is 0 Å². The van der Waals surface area contributed by atoms with Crippen molar-refractivity contribution in [2.24, 2.45) is 58.8 Å². The van der Waals surface area contributed by atoms with E-state index in [1.165, 1.54) is 38.5 Å². The second-order valence-corrected chi connectivity index (χ2v) is 54.6. The molecule has 19 heteroatoms. The van der Waals surface area contributed by atoms with E-state index in [9.17, 15) is 0 Å². The van der Waals surface area contributed by atoms with Crippen molar-refractivity contribution >= 4 is 23.5 Å². The Balaban J connectivity index is -0.000000140. The largest absolute Gasteiger partial charge is 0.386 e. The molecule has 732 valence electrons. The summed E-state index contributed by atoms with van der Waals surface area (Å²) in [4.78, 5) is 17.4. The van der Waals surface area contributed by atoms with Gasteiger partial charge in [0.15, 0.2) is 5.96 Å². The first-order chi connectivity index (χ1) is 51.6. The van der Waals surface area contributed by atoms with Gasteiger partial charge in [-0.1, -0.05) is 95.9 Å². The summed E-state index contributed by atoms with van der Waals surface area (Å²) in [6.45, 7) is 141. The molecule has 0 atom stereocenters. The van der Waals surface area contributed by atoms with Gasteiger partial charge in [-0.15, -0.1) is 0 Å². The number of guanidine groups is 1. The Hall–Kier alpha value is -2.72. The average Bonchev–Trinajstić information content (AvgIpc) is 0.914. The maximum absolute atomic E-state index is 5.75. The van der Waals surface area contributed by atoms with Crippen LogP contribution < -0.4 is 81.0 Å². The van der Waals surface area contributed by atoms with Crippen LogP contribution in [0, 0.1) is 21.7 Å². The number of nitrogens with one attached hydrogen (secondary N) is 12. The lowest BCUT2D eigenvalue weighted by molar-refractivity contribution is 0.302. The van der Waals surface area contributed by atoms with Crippen molar-refractivity contribution in [3.8, 4) is 0 Å². The fraction of sp³-hybridized carbons (Fsp3) is 0.960. The number of nitrogens with zero attached hydrogens (tertiary/aromatic N) is 4. The van der Waals surface area contributed by atoms with E-state index in [-0.39, 0.29) is 99.5 Å². The summed E-state index contributed by atoms with van der Waals surface area (Å²) in [6, 6.07) is 0. The van der Waals surface area contributed by atoms with E-state index in [4.69, 9.17) is 17.2 Å². The van der Waals surface area contributed by atoms with Crippen molar-refractivity contribution in [3.63, 3.8) is 0 Å². The first kappa shape index (κ1) is 138. The monoisotopic (exact) mass is 1710 g/mol. The van der Waals surface area contributed by atoms with Crippen molar-refractivity contribution in [3.05, 3.63) is 0 Å². The Bertz CT molecular complexity index is 2290. The van der Waals surface area contributed by atoms with Crippen molar-refractivity contribution in [2.45, 2.75) is 549 Å². The predicted octanol–water partition coefficient (Wildman–Crippen LogP) is 22.7. The topological polar surface area (TPSA) is 272 Å². The molecule has 0 saturated heterocycles. The Morgan fingerprint density at radius 1 is 0.217 bits per heavy atom. The van der Waals surface area contributed by atoms with Crippen LogP contribution in [0.5, 0.6) is 0 Å². The minimum Gasteiger partial charge on any atom is -0.386 e. The third-order valence-corrected chi connectivity index (χ3v) is 13.5. The summed E-state index contributed by atoms with van der Waals surface area (Å²) >= 11 is 0. The fourth-order valence-corrected chi connectivity index (χ4v) is 9.82. The smallest absolute Gasteiger partial charge is 0.189 e. The summed E-state index contributed by atoms with van der Waals surface area (Å²) in [7, 11) is 0. The van der Waals surface area contributed by atoms with Crippen molar-refractivity contribution in [1.29, 1.82) is 0 Å². The Morgan fingerprint density at radius 2 is 0.417 bits per heavy atom. The second kappa shape index (κ2) is 59.4. The number of amidine groups is 3. The highest BCUT2D eigenvalue weighted by Gasteiger charge is 2.22. The van der Waals surface area contributed by atoms with Gasteiger partial charge in [0.25, 0.3) is 0 Å². The van der Waals surface area contributed by atoms with E-state index < -0.39 is 0 Å². The molecule has 0 spiro atoms. The number of nitrogens with two attached hydrogens (primary N) is 3. The van der Waals surface area contributed by atoms with E-state index in [0.717, 1.165) is 58.2 Å². The van der Waals surface area contributed by atoms with Gasteiger partial charge in [0.2, 0.25) is 0 Å². The molecule has 0 fully saturated rings. The highest BCUT2D eigenvalue weighted by molar-refractivity contribution is 5.83. The van der Waals surface area contributed by atoms with Crippen LogP contribution in [-0.4, -0.2) is 178 Å². The molecule has 0 aliphatic rings. The van der Waals surface area contributed by atoms with E-state index >= 15 is 0 Å². The molecule has 19 nitrogen and oxygen atoms in total. The molecule has 0 aromatic rings. The third-order valence-electron chi connectivity index (χ3n) is 13.5. The Kier molecular flexibility index (Phi) is 68.2. The van der Waals surface area contributed by atoms with Crippen LogP contribution in [0.3, 0.4) is 0 Å². The zero-order valence-corrected chi connectivity index (χ0v) is 93.8. The Labute approximate surface area is 756 Å². The molecule has 0 radical (unpaired) electrons. The van der Waals surface area contributed by atoms with Gasteiger partial charge >= 0.3 is 0 Å². The van der Waals surface area contributed by atoms with Gasteiger partial charge in [-0.05, 0) is 400 Å². The lowest BCUT2D eigenvalue weighted by atomic mass is 9.90. The van der Waals surface area contributed by atoms with Gasteiger partial charge in [0, 0.05) is 117 Å². The second-order valence-electron chi connectivity index (χ2n) is 54.6. The van der Waals surface area contributed by atoms with Crippen molar-refractivity contribution < 1.29 is 0 Å². The molecule has 0 unspecified atom stereocenters. The van der Waals surface area contributed by atoms with E-state index in [2.05, 4.69) is 458 Å². The van der Waals surface area contributed by atoms with Gasteiger partial charge in [0.1, 0.15) is 11.7 Å². The number of hydrogen-bond acceptors (Lipinski definition) is 14. The maximum atomic E-state index is 5.75. The maximum Gasteiger partial charge on any atom is 0.189 e. The quantitative estimate of drug-likeness (QED) is 0.0307. The third kappa shape index (κ3) is 181. The van der Waals surface area contributed by atoms with Gasteiger partial charge in [-0.3, -0.25) is 20.0 Å². The number of rotatable bonds is 20. The zero-order valence-electron chi connectivity index (χ0n) is 93.8. The summed E-state index contributed by atoms with van der Waals surface area (Å²) in [6.07, 6.45) is 7.94. The molecular weight excluding hydrogens is 1480 g/mol. The molecule has 0 aliphatic heterocycles. The minimum absolute atomic E-state index is 0.00846. The van der Waals surface area contributed by atoms with Crippen LogP contribution in [0.2, 0.25) is 0 Å². The molecule has 0 aromatic carbocycles. The van der Waals surface area contributed by atoms with Crippen molar-refractivity contribution in [1.82, 2.24) is 63.8 Å². The molecule has 0 aromatic heterocycles. The SMILES string of the molecule is CC(=NCC(C)(C)C)NC(C)(C)C.CC(C)(C)CCCCNC(C)(C)C.CC(C)(C)CCCCNC(C)(C)C.CC(C)(C)CN=C(N)NC(C)(C)C.CC(C)(C)N=C(N)CNC(C)(C)C.CC(C)(C)N=C(N)CNC(C)(C)C.CC(C)(C)NC(C)(C)C.CC(C)(C)NC(C)(C)C.CC(C)(C)NCCNC(C)(C)C.CC(C)(C)NCCNC(C)(C)C. The fourth-order valence-electron chi connectivity index (χ4n) is 9.82. The van der Waals surface area contributed by atoms with Crippen LogP contribution in [-0.2, 0) is 0 Å². The molecule has 0 aliphatic carbocycles. The predicted molar refractivity (Wildman–Crippen MR) is 556 cm³/mol. The van der Waals surface area contributed by atoms with Gasteiger partial charge < -0.3 is 81.0 Å². The minimum atomic E-state index is -0.0797. The first-order valence-corrected chi connectivity index (χ1v) is 46.3. The highest BCUT2D eigenvalue weighted by Crippen LogP contribution is 2.23. The number of hydrogen-bond donors (Lipinski definition) is 15. The van der Waals surface area contributed by atoms with Crippen LogP contribution in [0.25, 0.3) is 0 Å². The van der Waals surface area contributed by atoms with Gasteiger partial charge in [-0.2, -0.15) is 0 Å². The summed E-state index contributed by atoms with van der Waals surface area (Å²) in [5.74, 6) is 2.90. The molecule has 18 N–H and O–H groups in total. The molecule has 0 saturated carbocycles. The lowest BCUT2D eigenvalue weighted by Gasteiger charge is -2.31. The summed E-state index contributed by atoms with van der Waals surface area (Å²) in [5.41, 5.74) is 21.3. The number of unbranched alkanes of at least 4 members (excludes halogenated alkanes) is 2. The highest BCUT2D eigenvalue weighted by atomic mass is 15.1. The van der Waals surface area contributed by atoms with Crippen LogP contribution >= 0.6 is 0 Å². The standard InChI is InChI=1S/2C12H27N.C11H24N2.3C10H23N3.2C10H24N2.2C8H19N/c2*1-11(2,3)9-7-8-10-13-12(4,5)6;1-9(13-11(5,6)7)12-8-10(2,3)4;1-9(2,3)7-12-8(11)13-10(4,5)6;2*1-9(2,3)12-7-8(11)13-10(4,5)6;2*1-9(2,3)11-7-8-12-10(4,5)6;2*1-7(2,3)9-8(4,5)6/h2*13H,7-10H2,1-6H3;8H2,1-7H3,(H,12,13);7H2,1-6H3,(H3,11,12,13);2*12H,7H2,1-6H3,(H2,11,13);2*11-12H,7-8H2,1-6H3;2*9H,1-6H3. The van der Waals surface area contributed by atoms with Crippen LogP contribution in [0.15, 0.2) is 20.0 Å². The zero-order chi connectivity index (χ0) is 98.9. The number of aliphatic imine (C=N–C) groups is 4. The Morgan fingerprint density at radius 3 is 0.575 bits per heavy atom. The normalized spacial score (nSPS) is 14.0. The molecule has 0 bridgehead atoms. The first-order valence-electron chi connectivity index (χ1n) is 46.3. The van der Waals surface area contributed by atoms with Gasteiger partial charge in [0.05, 0.1) is 30.0 Å². The van der Waals surface area contributed by atoms with Gasteiger partial charge in [-0.25, -0.2) is 0 Å². The summed E-state index contributed by atoms with van der Waals surface area (Å²) in [5, 5.41) is 40.7. The lowest BCUT2D eigenvalue weighted by Crippen LogP contribution is -2.48. The molecule has 0 amide bonds. The molecule has 0 rings (SSSR count). The molecule has 120 heavy (non-hydrogen) atoms. The molecular formula is C101H233N19. The summed E-state index contributed by atoms with van der Waals surface area (Å²) < 4.78 is 0. The van der Waals surface area contributed by atoms with E-state index in [1.807, 2.05) is 48.5 Å². The van der Waals surface area contributed by atoms with Crippen molar-refractivity contribution in [2.75, 3.05) is 65.4 Å². The average molecular weight is 1710 g/mol.